The molecular formula is C4H3F3NOS. The van der Waals surface area contributed by atoms with E-state index < -0.39 is 6.36 Å². The third-order valence-corrected chi connectivity index (χ3v) is 1.39. The summed E-state index contributed by atoms with van der Waals surface area (Å²) in [6, 6.07) is 0. The van der Waals surface area contributed by atoms with Crippen molar-refractivity contribution in [2.45, 2.75) is 6.36 Å². The molecule has 0 saturated heterocycles. The van der Waals surface area contributed by atoms with Crippen LogP contribution in [0.5, 0.6) is 0 Å². The minimum absolute atomic E-state index is 0.0458. The van der Waals surface area contributed by atoms with Gasteiger partial charge in [0.05, 0.1) is 6.54 Å². The molecule has 0 aliphatic carbocycles. The number of hydrogen-bond acceptors (Lipinski definition) is 3. The van der Waals surface area contributed by atoms with Gasteiger partial charge in [-0.1, -0.05) is 0 Å². The zero-order valence-electron chi connectivity index (χ0n) is 4.68. The van der Waals surface area contributed by atoms with Gasteiger partial charge in [0, 0.05) is 0 Å². The maximum absolute atomic E-state index is 11.4. The van der Waals surface area contributed by atoms with Crippen LogP contribution in [0, 0.1) is 6.08 Å². The Morgan fingerprint density at radius 2 is 2.30 bits per heavy atom. The van der Waals surface area contributed by atoms with Crippen molar-refractivity contribution in [2.75, 3.05) is 6.54 Å². The Kier molecular flexibility index (Phi) is 2.22. The van der Waals surface area contributed by atoms with E-state index in [1.165, 1.54) is 5.41 Å². The van der Waals surface area contributed by atoms with Crippen LogP contribution in [-0.2, 0) is 4.84 Å². The normalized spacial score (nSPS) is 20.3. The molecule has 0 bridgehead atoms. The SMILES string of the molecule is FC(F)(F)ON1C[C]=CS1. The smallest absolute Gasteiger partial charge is 0.189 e. The predicted molar refractivity (Wildman–Crippen MR) is 29.2 cm³/mol. The van der Waals surface area contributed by atoms with Crippen molar-refractivity contribution in [3.63, 3.8) is 0 Å². The molecule has 1 radical (unpaired) electrons. The van der Waals surface area contributed by atoms with Gasteiger partial charge in [0.25, 0.3) is 0 Å². The Bertz CT molecular complexity index is 138. The van der Waals surface area contributed by atoms with Crippen LogP contribution in [0.3, 0.4) is 0 Å². The molecule has 0 aromatic carbocycles. The Morgan fingerprint density at radius 1 is 1.60 bits per heavy atom. The lowest BCUT2D eigenvalue weighted by Gasteiger charge is -2.14. The van der Waals surface area contributed by atoms with Crippen LogP contribution in [0.2, 0.25) is 0 Å². The van der Waals surface area contributed by atoms with E-state index >= 15 is 0 Å². The van der Waals surface area contributed by atoms with Crippen molar-refractivity contribution in [2.24, 2.45) is 0 Å². The molecule has 1 aliphatic heterocycles. The average Bonchev–Trinajstić information content (AvgIpc) is 2.12. The first-order valence-corrected chi connectivity index (χ1v) is 3.17. The second-order valence-corrected chi connectivity index (χ2v) is 2.31. The van der Waals surface area contributed by atoms with E-state index in [0.717, 1.165) is 11.9 Å². The van der Waals surface area contributed by atoms with Gasteiger partial charge in [-0.15, -0.1) is 17.6 Å². The van der Waals surface area contributed by atoms with Gasteiger partial charge in [-0.3, -0.25) is 0 Å². The van der Waals surface area contributed by atoms with Gasteiger partial charge in [0.2, 0.25) is 0 Å². The van der Waals surface area contributed by atoms with Gasteiger partial charge < -0.3 is 0 Å². The first-order valence-electron chi connectivity index (χ1n) is 2.33. The quantitative estimate of drug-likeness (QED) is 0.556. The van der Waals surface area contributed by atoms with E-state index in [4.69, 9.17) is 0 Å². The van der Waals surface area contributed by atoms with E-state index in [1.54, 1.807) is 0 Å². The van der Waals surface area contributed by atoms with E-state index in [0.29, 0.717) is 4.47 Å². The number of hydroxylamine groups is 1. The van der Waals surface area contributed by atoms with Crippen LogP contribution >= 0.6 is 11.9 Å². The van der Waals surface area contributed by atoms with Gasteiger partial charge in [0.15, 0.2) is 0 Å². The van der Waals surface area contributed by atoms with Crippen molar-refractivity contribution in [1.29, 1.82) is 0 Å². The maximum Gasteiger partial charge on any atom is 0.539 e. The van der Waals surface area contributed by atoms with E-state index in [9.17, 15) is 13.2 Å². The molecule has 6 heteroatoms. The summed E-state index contributed by atoms with van der Waals surface area (Å²) in [7, 11) is 0. The standard InChI is InChI=1S/C4H3F3NOS/c5-4(6,7)9-8-2-1-3-10-8/h3H,2H2. The van der Waals surface area contributed by atoms with Crippen LogP contribution in [0.15, 0.2) is 5.41 Å². The summed E-state index contributed by atoms with van der Waals surface area (Å²) >= 11 is 0.824. The molecule has 0 atom stereocenters. The molecule has 0 N–H and O–H groups in total. The lowest BCUT2D eigenvalue weighted by molar-refractivity contribution is -0.385. The minimum atomic E-state index is -4.59. The number of rotatable bonds is 1. The predicted octanol–water partition coefficient (Wildman–Crippen LogP) is 1.72. The number of hydrogen-bond donors (Lipinski definition) is 0. The molecule has 0 aromatic heterocycles. The third kappa shape index (κ3) is 2.59. The topological polar surface area (TPSA) is 12.5 Å². The first-order chi connectivity index (χ1) is 4.58. The molecule has 1 aliphatic rings. The van der Waals surface area contributed by atoms with Crippen molar-refractivity contribution in [1.82, 2.24) is 4.47 Å². The Hall–Kier alpha value is -0.200. The number of halogens is 3. The Balaban J connectivity index is 2.26. The molecule has 1 heterocycles. The van der Waals surface area contributed by atoms with Crippen LogP contribution in [0.25, 0.3) is 0 Å². The van der Waals surface area contributed by atoms with E-state index in [1.807, 2.05) is 0 Å². The molecule has 1 rings (SSSR count). The van der Waals surface area contributed by atoms with Crippen molar-refractivity contribution in [3.8, 4) is 0 Å². The lowest BCUT2D eigenvalue weighted by Crippen LogP contribution is -2.24. The van der Waals surface area contributed by atoms with Crippen LogP contribution in [0.4, 0.5) is 13.2 Å². The molecule has 10 heavy (non-hydrogen) atoms. The molecule has 57 valence electrons. The summed E-state index contributed by atoms with van der Waals surface area (Å²) < 4.78 is 34.9. The fraction of sp³-hybridized carbons (Fsp3) is 0.500. The average molecular weight is 170 g/mol. The summed E-state index contributed by atoms with van der Waals surface area (Å²) in [6.07, 6.45) is -2.06. The molecule has 0 aromatic rings. The number of alkyl halides is 3. The largest absolute Gasteiger partial charge is 0.539 e. The summed E-state index contributed by atoms with van der Waals surface area (Å²) in [4.78, 5) is 3.50. The summed E-state index contributed by atoms with van der Waals surface area (Å²) in [5.41, 5.74) is 0. The monoisotopic (exact) mass is 170 g/mol. The molecule has 0 amide bonds. The van der Waals surface area contributed by atoms with Crippen molar-refractivity contribution < 1.29 is 18.0 Å². The zero-order valence-corrected chi connectivity index (χ0v) is 5.50. The van der Waals surface area contributed by atoms with E-state index in [-0.39, 0.29) is 6.54 Å². The molecule has 0 unspecified atom stereocenters. The highest BCUT2D eigenvalue weighted by molar-refractivity contribution is 7.99. The molecule has 0 fully saturated rings. The van der Waals surface area contributed by atoms with Gasteiger partial charge in [0.1, 0.15) is 0 Å². The summed E-state index contributed by atoms with van der Waals surface area (Å²) in [5.74, 6) is 0. The van der Waals surface area contributed by atoms with Gasteiger partial charge >= 0.3 is 6.36 Å². The molecule has 0 spiro atoms. The highest BCUT2D eigenvalue weighted by Crippen LogP contribution is 2.26. The number of nitrogens with zero attached hydrogens (tertiary/aromatic N) is 1. The van der Waals surface area contributed by atoms with E-state index in [2.05, 4.69) is 10.9 Å². The minimum Gasteiger partial charge on any atom is -0.189 e. The van der Waals surface area contributed by atoms with Crippen LogP contribution in [-0.4, -0.2) is 17.4 Å². The molecular weight excluding hydrogens is 167 g/mol. The van der Waals surface area contributed by atoms with Crippen molar-refractivity contribution in [3.05, 3.63) is 11.5 Å². The Labute approximate surface area is 59.7 Å². The lowest BCUT2D eigenvalue weighted by atomic mass is 10.7. The highest BCUT2D eigenvalue weighted by atomic mass is 32.2. The summed E-state index contributed by atoms with van der Waals surface area (Å²) in [6.45, 7) is 0.0458. The van der Waals surface area contributed by atoms with Gasteiger partial charge in [-0.25, -0.2) is 0 Å². The summed E-state index contributed by atoms with van der Waals surface area (Å²) in [5, 5.41) is 1.41. The maximum atomic E-state index is 11.4. The van der Waals surface area contributed by atoms with Gasteiger partial charge in [-0.2, -0.15) is 4.84 Å². The fourth-order valence-corrected chi connectivity index (χ4v) is 0.958. The highest BCUT2D eigenvalue weighted by Gasteiger charge is 2.33. The second-order valence-electron chi connectivity index (χ2n) is 1.46. The molecule has 0 saturated carbocycles. The first kappa shape index (κ1) is 7.90. The fourth-order valence-electron chi connectivity index (χ4n) is 0.414. The van der Waals surface area contributed by atoms with Crippen LogP contribution < -0.4 is 0 Å². The molecule has 2 nitrogen and oxygen atoms in total. The zero-order chi connectivity index (χ0) is 7.61. The third-order valence-electron chi connectivity index (χ3n) is 0.679. The van der Waals surface area contributed by atoms with Gasteiger partial charge in [-0.05, 0) is 23.4 Å². The van der Waals surface area contributed by atoms with Crippen LogP contribution in [0.1, 0.15) is 0 Å². The second kappa shape index (κ2) is 2.81. The van der Waals surface area contributed by atoms with Crippen molar-refractivity contribution >= 4 is 11.9 Å². The Morgan fingerprint density at radius 3 is 2.70 bits per heavy atom.